The maximum Gasteiger partial charge on any atom is 0.0906 e. The Bertz CT molecular complexity index is 593. The van der Waals surface area contributed by atoms with Crippen LogP contribution in [0.5, 0.6) is 0 Å². The van der Waals surface area contributed by atoms with Gasteiger partial charge in [0.2, 0.25) is 0 Å². The molecule has 0 aliphatic heterocycles. The summed E-state index contributed by atoms with van der Waals surface area (Å²) in [4.78, 5) is 4.45. The summed E-state index contributed by atoms with van der Waals surface area (Å²) in [6.45, 7) is 3.72. The number of aliphatic hydroxyl groups is 1. The topological polar surface area (TPSA) is 33.1 Å². The summed E-state index contributed by atoms with van der Waals surface area (Å²) < 4.78 is 0. The third-order valence-corrected chi connectivity index (χ3v) is 2.71. The minimum Gasteiger partial charge on any atom is -0.387 e. The first kappa shape index (κ1) is 11.6. The molecule has 1 aromatic heterocycles. The number of aryl methyl sites for hydroxylation is 1. The third-order valence-electron chi connectivity index (χ3n) is 2.71. The summed E-state index contributed by atoms with van der Waals surface area (Å²) in [5.74, 6) is 5.72. The number of pyridine rings is 1. The Hall–Kier alpha value is -1.85. The maximum atomic E-state index is 10.1. The van der Waals surface area contributed by atoms with Gasteiger partial charge in [0.05, 0.1) is 11.6 Å². The Morgan fingerprint density at radius 3 is 2.88 bits per heavy atom. The number of benzene rings is 1. The number of hydrogen-bond donors (Lipinski definition) is 1. The molecule has 1 aromatic carbocycles. The highest BCUT2D eigenvalue weighted by Crippen LogP contribution is 2.25. The number of fused-ring (bicyclic) bond motifs is 1. The predicted octanol–water partition coefficient (Wildman–Crippen LogP) is 2.99. The van der Waals surface area contributed by atoms with E-state index in [2.05, 4.69) is 16.8 Å². The summed E-state index contributed by atoms with van der Waals surface area (Å²) in [5.41, 5.74) is 2.75. The number of aliphatic hydroxyl groups excluding tert-OH is 1. The van der Waals surface area contributed by atoms with Crippen LogP contribution >= 0.6 is 0 Å². The zero-order chi connectivity index (χ0) is 12.3. The molecule has 0 bridgehead atoms. The van der Waals surface area contributed by atoms with Crippen LogP contribution in [-0.4, -0.2) is 10.1 Å². The molecule has 0 aliphatic rings. The van der Waals surface area contributed by atoms with E-state index < -0.39 is 6.10 Å². The number of para-hydroxylation sites is 1. The molecule has 0 aliphatic carbocycles. The van der Waals surface area contributed by atoms with E-state index >= 15 is 0 Å². The van der Waals surface area contributed by atoms with Crippen molar-refractivity contribution in [1.82, 2.24) is 4.98 Å². The van der Waals surface area contributed by atoms with E-state index in [1.807, 2.05) is 37.3 Å². The summed E-state index contributed by atoms with van der Waals surface area (Å²) in [6, 6.07) is 9.80. The molecular formula is C15H15NO. The molecule has 0 saturated carbocycles. The van der Waals surface area contributed by atoms with Crippen molar-refractivity contribution in [3.05, 3.63) is 41.6 Å². The highest BCUT2D eigenvalue weighted by molar-refractivity contribution is 5.82. The molecule has 2 aromatic rings. The van der Waals surface area contributed by atoms with E-state index in [1.54, 1.807) is 6.92 Å². The van der Waals surface area contributed by atoms with Gasteiger partial charge in [-0.05, 0) is 31.5 Å². The number of hydrogen-bond acceptors (Lipinski definition) is 2. The zero-order valence-corrected chi connectivity index (χ0v) is 10.1. The van der Waals surface area contributed by atoms with Crippen LogP contribution in [0.4, 0.5) is 0 Å². The van der Waals surface area contributed by atoms with Crippen LogP contribution in [0.3, 0.4) is 0 Å². The van der Waals surface area contributed by atoms with E-state index in [0.29, 0.717) is 6.42 Å². The smallest absolute Gasteiger partial charge is 0.0906 e. The third kappa shape index (κ3) is 2.46. The van der Waals surface area contributed by atoms with Crippen molar-refractivity contribution in [1.29, 1.82) is 0 Å². The lowest BCUT2D eigenvalue weighted by Gasteiger charge is -2.12. The average molecular weight is 225 g/mol. The van der Waals surface area contributed by atoms with E-state index in [9.17, 15) is 5.11 Å². The SMILES string of the molecule is CC#CCC(O)c1cc(C)nc2ccccc12. The zero-order valence-electron chi connectivity index (χ0n) is 10.1. The Morgan fingerprint density at radius 1 is 1.35 bits per heavy atom. The highest BCUT2D eigenvalue weighted by atomic mass is 16.3. The quantitative estimate of drug-likeness (QED) is 0.797. The molecule has 1 atom stereocenters. The fourth-order valence-electron chi connectivity index (χ4n) is 1.92. The standard InChI is InChI=1S/C15H15NO/c1-3-4-9-15(17)13-10-11(2)16-14-8-6-5-7-12(13)14/h5-8,10,15,17H,9H2,1-2H3. The van der Waals surface area contributed by atoms with Gasteiger partial charge in [-0.3, -0.25) is 4.98 Å². The van der Waals surface area contributed by atoms with Gasteiger partial charge in [0.25, 0.3) is 0 Å². The minimum atomic E-state index is -0.547. The van der Waals surface area contributed by atoms with Crippen LogP contribution in [0.2, 0.25) is 0 Å². The van der Waals surface area contributed by atoms with Crippen molar-refractivity contribution >= 4 is 10.9 Å². The molecule has 2 rings (SSSR count). The van der Waals surface area contributed by atoms with Crippen LogP contribution < -0.4 is 0 Å². The molecule has 17 heavy (non-hydrogen) atoms. The van der Waals surface area contributed by atoms with Crippen LogP contribution in [0, 0.1) is 18.8 Å². The van der Waals surface area contributed by atoms with E-state index in [1.165, 1.54) is 0 Å². The highest BCUT2D eigenvalue weighted by Gasteiger charge is 2.11. The molecule has 0 amide bonds. The fourth-order valence-corrected chi connectivity index (χ4v) is 1.92. The van der Waals surface area contributed by atoms with Crippen LogP contribution in [0.25, 0.3) is 10.9 Å². The normalized spacial score (nSPS) is 11.9. The molecule has 0 saturated heterocycles. The second-order valence-electron chi connectivity index (χ2n) is 4.02. The monoisotopic (exact) mass is 225 g/mol. The Kier molecular flexibility index (Phi) is 3.41. The molecule has 2 nitrogen and oxygen atoms in total. The fraction of sp³-hybridized carbons (Fsp3) is 0.267. The summed E-state index contributed by atoms with van der Waals surface area (Å²) in [7, 11) is 0. The van der Waals surface area contributed by atoms with Gasteiger partial charge in [-0.25, -0.2) is 0 Å². The molecule has 0 spiro atoms. The first-order valence-electron chi connectivity index (χ1n) is 5.66. The van der Waals surface area contributed by atoms with E-state index in [4.69, 9.17) is 0 Å². The van der Waals surface area contributed by atoms with Crippen molar-refractivity contribution in [2.24, 2.45) is 0 Å². The number of nitrogens with zero attached hydrogens (tertiary/aromatic N) is 1. The molecule has 0 fully saturated rings. The van der Waals surface area contributed by atoms with Crippen molar-refractivity contribution in [2.75, 3.05) is 0 Å². The van der Waals surface area contributed by atoms with E-state index in [-0.39, 0.29) is 0 Å². The van der Waals surface area contributed by atoms with Gasteiger partial charge in [0, 0.05) is 17.5 Å². The van der Waals surface area contributed by atoms with Crippen molar-refractivity contribution in [2.45, 2.75) is 26.4 Å². The summed E-state index contributed by atoms with van der Waals surface area (Å²) in [6.07, 6.45) is -0.0849. The van der Waals surface area contributed by atoms with Crippen LogP contribution in [0.15, 0.2) is 30.3 Å². The molecule has 1 unspecified atom stereocenters. The van der Waals surface area contributed by atoms with Gasteiger partial charge in [-0.1, -0.05) is 18.2 Å². The number of aromatic nitrogens is 1. The molecular weight excluding hydrogens is 210 g/mol. The van der Waals surface area contributed by atoms with Gasteiger partial charge in [-0.2, -0.15) is 0 Å². The summed E-state index contributed by atoms with van der Waals surface area (Å²) in [5, 5.41) is 11.1. The average Bonchev–Trinajstić information content (AvgIpc) is 2.34. The maximum absolute atomic E-state index is 10.1. The van der Waals surface area contributed by atoms with Crippen molar-refractivity contribution in [3.63, 3.8) is 0 Å². The van der Waals surface area contributed by atoms with Crippen LogP contribution in [0.1, 0.15) is 30.7 Å². The second-order valence-corrected chi connectivity index (χ2v) is 4.02. The van der Waals surface area contributed by atoms with Gasteiger partial charge in [0.15, 0.2) is 0 Å². The predicted molar refractivity (Wildman–Crippen MR) is 69.5 cm³/mol. The lowest BCUT2D eigenvalue weighted by molar-refractivity contribution is 0.185. The second kappa shape index (κ2) is 4.99. The van der Waals surface area contributed by atoms with E-state index in [0.717, 1.165) is 22.2 Å². The molecule has 2 heteroatoms. The van der Waals surface area contributed by atoms with Crippen LogP contribution in [-0.2, 0) is 0 Å². The Labute approximate surface area is 101 Å². The summed E-state index contributed by atoms with van der Waals surface area (Å²) >= 11 is 0. The number of rotatable bonds is 2. The Balaban J connectivity index is 2.54. The largest absolute Gasteiger partial charge is 0.387 e. The molecule has 1 heterocycles. The Morgan fingerprint density at radius 2 is 2.12 bits per heavy atom. The molecule has 0 radical (unpaired) electrons. The lowest BCUT2D eigenvalue weighted by atomic mass is 10.0. The van der Waals surface area contributed by atoms with Crippen molar-refractivity contribution < 1.29 is 5.11 Å². The molecule has 86 valence electrons. The lowest BCUT2D eigenvalue weighted by Crippen LogP contribution is -1.99. The minimum absolute atomic E-state index is 0.462. The van der Waals surface area contributed by atoms with Gasteiger partial charge >= 0.3 is 0 Å². The van der Waals surface area contributed by atoms with Gasteiger partial charge < -0.3 is 5.11 Å². The van der Waals surface area contributed by atoms with Gasteiger partial charge in [0.1, 0.15) is 0 Å². The first-order valence-corrected chi connectivity index (χ1v) is 5.66. The van der Waals surface area contributed by atoms with Gasteiger partial charge in [-0.15, -0.1) is 11.8 Å². The molecule has 1 N–H and O–H groups in total. The first-order chi connectivity index (χ1) is 8.22. The van der Waals surface area contributed by atoms with Crippen molar-refractivity contribution in [3.8, 4) is 11.8 Å².